The summed E-state index contributed by atoms with van der Waals surface area (Å²) in [7, 11) is -3.54. The number of amides is 1. The number of para-hydroxylation sites is 2. The van der Waals surface area contributed by atoms with Crippen LogP contribution in [0.15, 0.2) is 54.6 Å². The van der Waals surface area contributed by atoms with E-state index in [2.05, 4.69) is 17.4 Å². The predicted octanol–water partition coefficient (Wildman–Crippen LogP) is 2.08. The van der Waals surface area contributed by atoms with Gasteiger partial charge in [0, 0.05) is 25.2 Å². The summed E-state index contributed by atoms with van der Waals surface area (Å²) in [5, 5.41) is 3.02. The molecule has 0 radical (unpaired) electrons. The number of carbonyl (C=O) groups excluding carboxylic acids is 1. The van der Waals surface area contributed by atoms with E-state index in [4.69, 9.17) is 9.47 Å². The van der Waals surface area contributed by atoms with Crippen LogP contribution in [-0.2, 0) is 25.0 Å². The van der Waals surface area contributed by atoms with E-state index in [0.717, 1.165) is 19.1 Å². The number of fused-ring (bicyclic) bond motifs is 1. The van der Waals surface area contributed by atoms with Gasteiger partial charge in [0.15, 0.2) is 6.10 Å². The molecule has 0 spiro atoms. The molecule has 1 amide bonds. The molecule has 0 unspecified atom stereocenters. The number of benzene rings is 2. The van der Waals surface area contributed by atoms with Crippen LogP contribution in [0.3, 0.4) is 0 Å². The maximum atomic E-state index is 13.0. The second-order valence-corrected chi connectivity index (χ2v) is 9.75. The predicted molar refractivity (Wildman–Crippen MR) is 114 cm³/mol. The highest BCUT2D eigenvalue weighted by atomic mass is 32.2. The number of nitrogens with one attached hydrogen (secondary N) is 1. The lowest BCUT2D eigenvalue weighted by Crippen LogP contribution is -2.53. The van der Waals surface area contributed by atoms with Gasteiger partial charge in [-0.05, 0) is 30.5 Å². The smallest absolute Gasteiger partial charge is 0.263 e. The van der Waals surface area contributed by atoms with Crippen LogP contribution in [0.4, 0.5) is 5.69 Å². The van der Waals surface area contributed by atoms with E-state index in [0.29, 0.717) is 31.2 Å². The first-order chi connectivity index (χ1) is 14.4. The number of carbonyl (C=O) groups is 1. The first-order valence-electron chi connectivity index (χ1n) is 10.0. The Kier molecular flexibility index (Phi) is 5.71. The highest BCUT2D eigenvalue weighted by molar-refractivity contribution is 7.92. The van der Waals surface area contributed by atoms with Crippen molar-refractivity contribution in [2.24, 2.45) is 0 Å². The minimum atomic E-state index is -3.54. The summed E-state index contributed by atoms with van der Waals surface area (Å²) in [5.41, 5.74) is 1.41. The Bertz CT molecular complexity index is 1000. The largest absolute Gasteiger partial charge is 0.476 e. The lowest BCUT2D eigenvalue weighted by atomic mass is 9.74. The summed E-state index contributed by atoms with van der Waals surface area (Å²) in [6, 6.07) is 17.0. The molecule has 8 heteroatoms. The molecule has 2 heterocycles. The number of hydrogen-bond donors (Lipinski definition) is 1. The fraction of sp³-hybridized carbons (Fsp3) is 0.409. The molecule has 0 aliphatic carbocycles. The van der Waals surface area contributed by atoms with Crippen LogP contribution in [0.5, 0.6) is 5.75 Å². The van der Waals surface area contributed by atoms with E-state index in [9.17, 15) is 13.2 Å². The van der Waals surface area contributed by atoms with Crippen molar-refractivity contribution >= 4 is 21.6 Å². The third-order valence-corrected chi connectivity index (χ3v) is 7.01. The number of ether oxygens (including phenoxy) is 2. The molecule has 2 aliphatic rings. The number of nitrogens with zero attached hydrogens (tertiary/aromatic N) is 1. The molecule has 4 rings (SSSR count). The van der Waals surface area contributed by atoms with E-state index in [1.807, 2.05) is 18.2 Å². The average molecular weight is 431 g/mol. The molecule has 2 aromatic carbocycles. The van der Waals surface area contributed by atoms with Gasteiger partial charge < -0.3 is 14.8 Å². The summed E-state index contributed by atoms with van der Waals surface area (Å²) in [5.74, 6) is 0.0677. The van der Waals surface area contributed by atoms with Crippen molar-refractivity contribution in [3.05, 3.63) is 60.2 Å². The van der Waals surface area contributed by atoms with Crippen LogP contribution in [0.2, 0.25) is 0 Å². The van der Waals surface area contributed by atoms with Gasteiger partial charge in [0.25, 0.3) is 5.91 Å². The lowest BCUT2D eigenvalue weighted by Gasteiger charge is -2.39. The third kappa shape index (κ3) is 4.15. The van der Waals surface area contributed by atoms with E-state index in [-0.39, 0.29) is 17.9 Å². The van der Waals surface area contributed by atoms with Crippen molar-refractivity contribution in [3.63, 3.8) is 0 Å². The van der Waals surface area contributed by atoms with Crippen LogP contribution in [-0.4, -0.2) is 53.0 Å². The minimum Gasteiger partial charge on any atom is -0.476 e. The summed E-state index contributed by atoms with van der Waals surface area (Å²) in [6.45, 7) is 1.67. The summed E-state index contributed by atoms with van der Waals surface area (Å²) >= 11 is 0. The zero-order chi connectivity index (χ0) is 21.2. The van der Waals surface area contributed by atoms with Crippen molar-refractivity contribution in [1.29, 1.82) is 0 Å². The topological polar surface area (TPSA) is 84.9 Å². The molecule has 30 heavy (non-hydrogen) atoms. The Labute approximate surface area is 177 Å². The Morgan fingerprint density at radius 2 is 1.77 bits per heavy atom. The molecule has 160 valence electrons. The maximum absolute atomic E-state index is 13.0. The van der Waals surface area contributed by atoms with Gasteiger partial charge in [-0.3, -0.25) is 9.10 Å². The van der Waals surface area contributed by atoms with Gasteiger partial charge in [0.1, 0.15) is 5.75 Å². The highest BCUT2D eigenvalue weighted by Gasteiger charge is 2.38. The van der Waals surface area contributed by atoms with Gasteiger partial charge in [-0.2, -0.15) is 0 Å². The Hall–Kier alpha value is -2.58. The first-order valence-corrected chi connectivity index (χ1v) is 11.9. The average Bonchev–Trinajstić information content (AvgIpc) is 2.77. The van der Waals surface area contributed by atoms with Crippen LogP contribution in [0, 0.1) is 0 Å². The molecular formula is C22H26N2O5S. The Morgan fingerprint density at radius 3 is 2.47 bits per heavy atom. The van der Waals surface area contributed by atoms with Gasteiger partial charge in [0.05, 0.1) is 18.5 Å². The minimum absolute atomic E-state index is 0.0525. The standard InChI is InChI=1S/C22H26N2O5S/c1-30(26,27)24-15-20(29-19-10-6-5-9-18(19)24)21(25)23-16-22(11-13-28-14-12-22)17-7-3-2-4-8-17/h2-10,20H,11-16H2,1H3,(H,23,25)/t20-/m0/s1. The Balaban J connectivity index is 1.52. The second kappa shape index (κ2) is 8.28. The second-order valence-electron chi connectivity index (χ2n) is 7.84. The van der Waals surface area contributed by atoms with Gasteiger partial charge in [-0.15, -0.1) is 0 Å². The molecule has 1 atom stereocenters. The lowest BCUT2D eigenvalue weighted by molar-refractivity contribution is -0.128. The van der Waals surface area contributed by atoms with Crippen LogP contribution < -0.4 is 14.4 Å². The number of hydrogen-bond acceptors (Lipinski definition) is 5. The molecule has 0 bridgehead atoms. The highest BCUT2D eigenvalue weighted by Crippen LogP contribution is 2.36. The zero-order valence-electron chi connectivity index (χ0n) is 16.9. The molecule has 1 saturated heterocycles. The summed E-state index contributed by atoms with van der Waals surface area (Å²) in [4.78, 5) is 13.0. The van der Waals surface area contributed by atoms with Gasteiger partial charge in [0.2, 0.25) is 10.0 Å². The maximum Gasteiger partial charge on any atom is 0.263 e. The van der Waals surface area contributed by atoms with Crippen LogP contribution >= 0.6 is 0 Å². The summed E-state index contributed by atoms with van der Waals surface area (Å²) < 4.78 is 37.2. The quantitative estimate of drug-likeness (QED) is 0.785. The van der Waals surface area contributed by atoms with Gasteiger partial charge in [-0.25, -0.2) is 8.42 Å². The van der Waals surface area contributed by atoms with Crippen molar-refractivity contribution in [1.82, 2.24) is 5.32 Å². The molecule has 0 saturated carbocycles. The normalized spacial score (nSPS) is 20.7. The molecule has 7 nitrogen and oxygen atoms in total. The van der Waals surface area contributed by atoms with Gasteiger partial charge in [-0.1, -0.05) is 42.5 Å². The van der Waals surface area contributed by atoms with E-state index < -0.39 is 16.1 Å². The fourth-order valence-electron chi connectivity index (χ4n) is 4.14. The van der Waals surface area contributed by atoms with Gasteiger partial charge >= 0.3 is 0 Å². The van der Waals surface area contributed by atoms with E-state index in [1.54, 1.807) is 24.3 Å². The van der Waals surface area contributed by atoms with Crippen molar-refractivity contribution in [2.75, 3.05) is 36.9 Å². The SMILES string of the molecule is CS(=O)(=O)N1C[C@@H](C(=O)NCC2(c3ccccc3)CCOCC2)Oc2ccccc21. The molecule has 2 aromatic rings. The first kappa shape index (κ1) is 20.7. The third-order valence-electron chi connectivity index (χ3n) is 5.86. The summed E-state index contributed by atoms with van der Waals surface area (Å²) in [6.07, 6.45) is 1.83. The van der Waals surface area contributed by atoms with Crippen LogP contribution in [0.1, 0.15) is 18.4 Å². The molecule has 1 N–H and O–H groups in total. The Morgan fingerprint density at radius 1 is 1.10 bits per heavy atom. The number of anilines is 1. The van der Waals surface area contributed by atoms with Crippen molar-refractivity contribution in [3.8, 4) is 5.75 Å². The van der Waals surface area contributed by atoms with Crippen molar-refractivity contribution in [2.45, 2.75) is 24.4 Å². The molecule has 1 fully saturated rings. The number of rotatable bonds is 5. The van der Waals surface area contributed by atoms with Crippen LogP contribution in [0.25, 0.3) is 0 Å². The monoisotopic (exact) mass is 430 g/mol. The fourth-order valence-corrected chi connectivity index (χ4v) is 5.06. The molecule has 2 aliphatic heterocycles. The zero-order valence-corrected chi connectivity index (χ0v) is 17.7. The molecule has 0 aromatic heterocycles. The number of sulfonamides is 1. The van der Waals surface area contributed by atoms with E-state index in [1.165, 1.54) is 9.87 Å². The van der Waals surface area contributed by atoms with E-state index >= 15 is 0 Å². The van der Waals surface area contributed by atoms with Crippen molar-refractivity contribution < 1.29 is 22.7 Å². The molecular weight excluding hydrogens is 404 g/mol.